The first kappa shape index (κ1) is 14.3. The maximum absolute atomic E-state index is 12.3. The van der Waals surface area contributed by atoms with Crippen molar-refractivity contribution in [2.45, 2.75) is 11.9 Å². The number of carboxylic acid groups (broad SMARTS) is 1. The summed E-state index contributed by atoms with van der Waals surface area (Å²) < 4.78 is 27.0. The van der Waals surface area contributed by atoms with Gasteiger partial charge in [0, 0.05) is 20.1 Å². The number of hydrogen-bond acceptors (Lipinski definition) is 4. The lowest BCUT2D eigenvalue weighted by Gasteiger charge is -2.39. The van der Waals surface area contributed by atoms with Gasteiger partial charge in [0.15, 0.2) is 5.03 Å². The van der Waals surface area contributed by atoms with Crippen molar-refractivity contribution in [3.8, 4) is 0 Å². The fraction of sp³-hybridized carbons (Fsp3) is 0.600. The Morgan fingerprint density at radius 1 is 1.58 bits per heavy atom. The Hall–Kier alpha value is -1.12. The average Bonchev–Trinajstić information content (AvgIpc) is 2.55. The van der Waals surface area contributed by atoms with Crippen LogP contribution in [-0.4, -0.2) is 46.7 Å². The Morgan fingerprint density at radius 3 is 2.58 bits per heavy atom. The SMILES string of the molecule is CC(C(=O)O)C1CN(S(=O)(=O)c2c(Cl)cnn2C)C1. The zero-order valence-corrected chi connectivity index (χ0v) is 12.0. The predicted octanol–water partition coefficient (Wildman–Crippen LogP) is 0.415. The van der Waals surface area contributed by atoms with Gasteiger partial charge in [-0.15, -0.1) is 0 Å². The van der Waals surface area contributed by atoms with Gasteiger partial charge in [-0.25, -0.2) is 8.42 Å². The van der Waals surface area contributed by atoms with Crippen LogP contribution in [0.15, 0.2) is 11.2 Å². The van der Waals surface area contributed by atoms with Crippen molar-refractivity contribution in [3.63, 3.8) is 0 Å². The second-order valence-corrected chi connectivity index (χ2v) is 6.89. The molecule has 1 aromatic rings. The normalized spacial score (nSPS) is 19.1. The van der Waals surface area contributed by atoms with Crippen LogP contribution in [0.3, 0.4) is 0 Å². The predicted molar refractivity (Wildman–Crippen MR) is 67.3 cm³/mol. The van der Waals surface area contributed by atoms with Crippen LogP contribution >= 0.6 is 11.6 Å². The maximum atomic E-state index is 12.3. The fourth-order valence-corrected chi connectivity index (χ4v) is 4.15. The first-order valence-electron chi connectivity index (χ1n) is 5.65. The molecule has 0 radical (unpaired) electrons. The molecule has 19 heavy (non-hydrogen) atoms. The zero-order valence-electron chi connectivity index (χ0n) is 10.4. The third kappa shape index (κ3) is 2.35. The Labute approximate surface area is 115 Å². The molecule has 0 bridgehead atoms. The summed E-state index contributed by atoms with van der Waals surface area (Å²) >= 11 is 5.82. The van der Waals surface area contributed by atoms with Gasteiger partial charge >= 0.3 is 5.97 Å². The molecule has 106 valence electrons. The van der Waals surface area contributed by atoms with Crippen molar-refractivity contribution in [3.05, 3.63) is 11.2 Å². The van der Waals surface area contributed by atoms with Gasteiger partial charge in [0.2, 0.25) is 0 Å². The topological polar surface area (TPSA) is 92.5 Å². The molecule has 1 fully saturated rings. The molecular formula is C10H14ClN3O4S. The van der Waals surface area contributed by atoms with Gasteiger partial charge in [-0.05, 0) is 5.92 Å². The molecule has 1 aliphatic rings. The lowest BCUT2D eigenvalue weighted by Crippen LogP contribution is -2.53. The summed E-state index contributed by atoms with van der Waals surface area (Å²) in [5.41, 5.74) is 0. The molecule has 9 heteroatoms. The number of carboxylic acids is 1. The number of nitrogens with zero attached hydrogens (tertiary/aromatic N) is 3. The van der Waals surface area contributed by atoms with E-state index in [1.807, 2.05) is 0 Å². The van der Waals surface area contributed by atoms with E-state index in [0.717, 1.165) is 0 Å². The molecule has 2 heterocycles. The summed E-state index contributed by atoms with van der Waals surface area (Å²) in [7, 11) is -2.21. The van der Waals surface area contributed by atoms with Crippen LogP contribution in [0.2, 0.25) is 5.02 Å². The van der Waals surface area contributed by atoms with Gasteiger partial charge in [-0.2, -0.15) is 9.40 Å². The summed E-state index contributed by atoms with van der Waals surface area (Å²) in [4.78, 5) is 10.8. The number of sulfonamides is 1. The minimum absolute atomic E-state index is 0.0596. The minimum atomic E-state index is -3.70. The molecule has 0 saturated carbocycles. The number of carbonyl (C=O) groups is 1. The van der Waals surface area contributed by atoms with E-state index in [9.17, 15) is 13.2 Å². The molecule has 0 spiro atoms. The molecule has 7 nitrogen and oxygen atoms in total. The van der Waals surface area contributed by atoms with E-state index in [2.05, 4.69) is 5.10 Å². The molecule has 1 unspecified atom stereocenters. The number of aromatic nitrogens is 2. The van der Waals surface area contributed by atoms with Crippen molar-refractivity contribution in [2.24, 2.45) is 18.9 Å². The van der Waals surface area contributed by atoms with Crippen molar-refractivity contribution < 1.29 is 18.3 Å². The fourth-order valence-electron chi connectivity index (χ4n) is 2.00. The first-order valence-corrected chi connectivity index (χ1v) is 7.47. The smallest absolute Gasteiger partial charge is 0.306 e. The Bertz CT molecular complexity index is 587. The van der Waals surface area contributed by atoms with E-state index in [4.69, 9.17) is 16.7 Å². The van der Waals surface area contributed by atoms with E-state index in [0.29, 0.717) is 0 Å². The molecule has 0 aromatic carbocycles. The van der Waals surface area contributed by atoms with Crippen LogP contribution in [-0.2, 0) is 21.9 Å². The van der Waals surface area contributed by atoms with Crippen molar-refractivity contribution >= 4 is 27.6 Å². The Balaban J connectivity index is 2.15. The highest BCUT2D eigenvalue weighted by atomic mass is 35.5. The van der Waals surface area contributed by atoms with Gasteiger partial charge in [0.05, 0.1) is 17.1 Å². The third-order valence-corrected chi connectivity index (χ3v) is 5.74. The summed E-state index contributed by atoms with van der Waals surface area (Å²) in [6.07, 6.45) is 1.27. The minimum Gasteiger partial charge on any atom is -0.481 e. The highest BCUT2D eigenvalue weighted by Crippen LogP contribution is 2.32. The maximum Gasteiger partial charge on any atom is 0.306 e. The number of rotatable bonds is 4. The lowest BCUT2D eigenvalue weighted by molar-refractivity contribution is -0.144. The van der Waals surface area contributed by atoms with E-state index in [-0.39, 0.29) is 29.1 Å². The monoisotopic (exact) mass is 307 g/mol. The molecule has 1 saturated heterocycles. The number of aliphatic carboxylic acids is 1. The van der Waals surface area contributed by atoms with Crippen LogP contribution in [0.25, 0.3) is 0 Å². The van der Waals surface area contributed by atoms with Crippen LogP contribution in [0.4, 0.5) is 0 Å². The second kappa shape index (κ2) is 4.77. The number of hydrogen-bond donors (Lipinski definition) is 1. The molecule has 1 N–H and O–H groups in total. The molecule has 0 amide bonds. The third-order valence-electron chi connectivity index (χ3n) is 3.40. The van der Waals surface area contributed by atoms with Gasteiger partial charge in [0.25, 0.3) is 10.0 Å². The molecular weight excluding hydrogens is 294 g/mol. The van der Waals surface area contributed by atoms with Crippen LogP contribution in [0, 0.1) is 11.8 Å². The number of halogens is 1. The van der Waals surface area contributed by atoms with E-state index in [1.165, 1.54) is 22.2 Å². The highest BCUT2D eigenvalue weighted by Gasteiger charge is 2.43. The standard InChI is InChI=1S/C10H14ClN3O4S/c1-6(10(15)16)7-4-14(5-7)19(17,18)9-8(11)3-12-13(9)2/h3,6-7H,4-5H2,1-2H3,(H,15,16). The summed E-state index contributed by atoms with van der Waals surface area (Å²) in [5.74, 6) is -1.65. The first-order chi connectivity index (χ1) is 8.75. The van der Waals surface area contributed by atoms with Gasteiger partial charge < -0.3 is 5.11 Å². The Kier molecular flexibility index (Phi) is 3.59. The largest absolute Gasteiger partial charge is 0.481 e. The van der Waals surface area contributed by atoms with E-state index in [1.54, 1.807) is 6.92 Å². The van der Waals surface area contributed by atoms with Crippen molar-refractivity contribution in [1.82, 2.24) is 14.1 Å². The van der Waals surface area contributed by atoms with Crippen LogP contribution in [0.5, 0.6) is 0 Å². The molecule has 2 rings (SSSR count). The summed E-state index contributed by atoms with van der Waals surface area (Å²) in [6.45, 7) is 1.96. The van der Waals surface area contributed by atoms with Crippen LogP contribution in [0.1, 0.15) is 6.92 Å². The van der Waals surface area contributed by atoms with Crippen molar-refractivity contribution in [1.29, 1.82) is 0 Å². The number of aryl methyl sites for hydroxylation is 1. The average molecular weight is 308 g/mol. The highest BCUT2D eigenvalue weighted by molar-refractivity contribution is 7.89. The van der Waals surface area contributed by atoms with E-state index >= 15 is 0 Å². The summed E-state index contributed by atoms with van der Waals surface area (Å²) in [6, 6.07) is 0. The molecule has 1 aliphatic heterocycles. The van der Waals surface area contributed by atoms with Gasteiger partial charge in [-0.1, -0.05) is 18.5 Å². The van der Waals surface area contributed by atoms with Gasteiger partial charge in [0.1, 0.15) is 0 Å². The summed E-state index contributed by atoms with van der Waals surface area (Å²) in [5, 5.41) is 12.7. The molecule has 0 aliphatic carbocycles. The quantitative estimate of drug-likeness (QED) is 0.870. The second-order valence-electron chi connectivity index (χ2n) is 4.63. The van der Waals surface area contributed by atoms with Crippen LogP contribution < -0.4 is 0 Å². The van der Waals surface area contributed by atoms with E-state index < -0.39 is 21.9 Å². The van der Waals surface area contributed by atoms with Crippen molar-refractivity contribution in [2.75, 3.05) is 13.1 Å². The molecule has 1 atom stereocenters. The zero-order chi connectivity index (χ0) is 14.4. The molecule has 1 aromatic heterocycles. The Morgan fingerprint density at radius 2 is 2.16 bits per heavy atom. The van der Waals surface area contributed by atoms with Gasteiger partial charge in [-0.3, -0.25) is 9.48 Å². The lowest BCUT2D eigenvalue weighted by atomic mass is 9.89.